The van der Waals surface area contributed by atoms with Crippen molar-refractivity contribution >= 4 is 27.4 Å². The van der Waals surface area contributed by atoms with Crippen molar-refractivity contribution in [2.24, 2.45) is 0 Å². The summed E-state index contributed by atoms with van der Waals surface area (Å²) in [5.74, 6) is 0.858. The van der Waals surface area contributed by atoms with Gasteiger partial charge in [-0.05, 0) is 22.3 Å². The molecular formula is C27H23N3OS. The normalized spacial score (nSPS) is 11.0. The van der Waals surface area contributed by atoms with Crippen LogP contribution in [0.15, 0.2) is 96.6 Å². The molecule has 1 N–H and O–H groups in total. The summed E-state index contributed by atoms with van der Waals surface area (Å²) in [7, 11) is 0. The van der Waals surface area contributed by atoms with Gasteiger partial charge in [0.15, 0.2) is 0 Å². The summed E-state index contributed by atoms with van der Waals surface area (Å²) < 4.78 is 0. The number of benzene rings is 3. The van der Waals surface area contributed by atoms with E-state index in [9.17, 15) is 5.11 Å². The van der Waals surface area contributed by atoms with Crippen molar-refractivity contribution in [3.05, 3.63) is 102 Å². The van der Waals surface area contributed by atoms with Gasteiger partial charge in [0.2, 0.25) is 0 Å². The molecule has 5 aromatic rings. The quantitative estimate of drug-likeness (QED) is 0.338. The van der Waals surface area contributed by atoms with Gasteiger partial charge in [0.25, 0.3) is 0 Å². The Bertz CT molecular complexity index is 1300. The van der Waals surface area contributed by atoms with E-state index in [0.29, 0.717) is 13.1 Å². The maximum Gasteiger partial charge on any atom is 0.141 e. The van der Waals surface area contributed by atoms with Crippen molar-refractivity contribution in [3.63, 3.8) is 0 Å². The summed E-state index contributed by atoms with van der Waals surface area (Å²) in [5, 5.41) is 12.9. The molecule has 0 saturated heterocycles. The molecule has 0 bridgehead atoms. The van der Waals surface area contributed by atoms with Crippen LogP contribution in [0, 0.1) is 0 Å². The minimum atomic E-state index is 0.0591. The fourth-order valence-electron chi connectivity index (χ4n) is 3.97. The van der Waals surface area contributed by atoms with E-state index < -0.39 is 0 Å². The average Bonchev–Trinajstić information content (AvgIpc) is 3.30. The van der Waals surface area contributed by atoms with Crippen molar-refractivity contribution < 1.29 is 5.11 Å². The highest BCUT2D eigenvalue weighted by atomic mass is 32.1. The summed E-state index contributed by atoms with van der Waals surface area (Å²) in [5.41, 5.74) is 5.83. The third-order valence-electron chi connectivity index (χ3n) is 5.54. The van der Waals surface area contributed by atoms with Gasteiger partial charge < -0.3 is 10.0 Å². The van der Waals surface area contributed by atoms with E-state index in [1.807, 2.05) is 24.3 Å². The molecule has 0 unspecified atom stereocenters. The minimum absolute atomic E-state index is 0.0591. The lowest BCUT2D eigenvalue weighted by atomic mass is 10.0. The van der Waals surface area contributed by atoms with Gasteiger partial charge in [-0.15, -0.1) is 11.3 Å². The smallest absolute Gasteiger partial charge is 0.141 e. The van der Waals surface area contributed by atoms with E-state index in [0.717, 1.165) is 27.2 Å². The van der Waals surface area contributed by atoms with Gasteiger partial charge >= 0.3 is 0 Å². The molecule has 5 heteroatoms. The average molecular weight is 438 g/mol. The summed E-state index contributed by atoms with van der Waals surface area (Å²) in [6, 6.07) is 29.3. The van der Waals surface area contributed by atoms with Gasteiger partial charge in [-0.1, -0.05) is 84.9 Å². The lowest BCUT2D eigenvalue weighted by Gasteiger charge is -2.24. The predicted molar refractivity (Wildman–Crippen MR) is 133 cm³/mol. The van der Waals surface area contributed by atoms with Crippen LogP contribution >= 0.6 is 11.3 Å². The van der Waals surface area contributed by atoms with Gasteiger partial charge in [-0.3, -0.25) is 0 Å². The third-order valence-corrected chi connectivity index (χ3v) is 6.43. The summed E-state index contributed by atoms with van der Waals surface area (Å²) in [6.45, 7) is 1.24. The zero-order valence-electron chi connectivity index (χ0n) is 17.6. The number of nitrogens with zero attached hydrogens (tertiary/aromatic N) is 3. The van der Waals surface area contributed by atoms with E-state index in [-0.39, 0.29) is 6.61 Å². The van der Waals surface area contributed by atoms with Crippen LogP contribution in [0.4, 0.5) is 5.82 Å². The number of hydrogen-bond acceptors (Lipinski definition) is 5. The van der Waals surface area contributed by atoms with Crippen molar-refractivity contribution in [3.8, 4) is 22.3 Å². The van der Waals surface area contributed by atoms with E-state index in [2.05, 4.69) is 80.9 Å². The van der Waals surface area contributed by atoms with Crippen LogP contribution in [-0.4, -0.2) is 28.2 Å². The molecule has 0 amide bonds. The Kier molecular flexibility index (Phi) is 5.92. The van der Waals surface area contributed by atoms with Crippen LogP contribution in [0.5, 0.6) is 0 Å². The molecule has 5 rings (SSSR count). The first-order valence-corrected chi connectivity index (χ1v) is 11.5. The molecule has 3 aromatic carbocycles. The van der Waals surface area contributed by atoms with Gasteiger partial charge in [0.1, 0.15) is 17.0 Å². The first-order valence-electron chi connectivity index (χ1n) is 10.6. The highest BCUT2D eigenvalue weighted by Gasteiger charge is 2.18. The molecule has 2 aromatic heterocycles. The lowest BCUT2D eigenvalue weighted by molar-refractivity contribution is 0.301. The molecule has 32 heavy (non-hydrogen) atoms. The van der Waals surface area contributed by atoms with Crippen molar-refractivity contribution in [2.45, 2.75) is 6.54 Å². The Morgan fingerprint density at radius 2 is 1.41 bits per heavy atom. The lowest BCUT2D eigenvalue weighted by Crippen LogP contribution is -2.27. The second-order valence-electron chi connectivity index (χ2n) is 7.60. The number of thiophene rings is 1. The van der Waals surface area contributed by atoms with E-state index in [4.69, 9.17) is 0 Å². The number of hydrogen-bond donors (Lipinski definition) is 1. The Morgan fingerprint density at radius 3 is 2.12 bits per heavy atom. The number of aliphatic hydroxyl groups excluding tert-OH is 1. The van der Waals surface area contributed by atoms with Crippen LogP contribution in [0.2, 0.25) is 0 Å². The molecular weight excluding hydrogens is 414 g/mol. The van der Waals surface area contributed by atoms with Crippen molar-refractivity contribution in [1.82, 2.24) is 9.97 Å². The van der Waals surface area contributed by atoms with Crippen LogP contribution in [0.1, 0.15) is 5.56 Å². The Morgan fingerprint density at radius 1 is 0.750 bits per heavy atom. The largest absolute Gasteiger partial charge is 0.395 e. The number of fused-ring (bicyclic) bond motifs is 1. The first-order chi connectivity index (χ1) is 15.8. The van der Waals surface area contributed by atoms with E-state index in [1.54, 1.807) is 17.7 Å². The summed E-state index contributed by atoms with van der Waals surface area (Å²) in [4.78, 5) is 12.3. The Balaban J connectivity index is 1.55. The number of aliphatic hydroxyl groups is 1. The van der Waals surface area contributed by atoms with E-state index >= 15 is 0 Å². The summed E-state index contributed by atoms with van der Waals surface area (Å²) >= 11 is 1.63. The molecule has 0 saturated carbocycles. The standard InChI is InChI=1S/C27H23N3OS/c31-16-15-30(17-20-7-3-1-4-8-20)26-25-24(18-32-27(25)29-19-28-26)23-13-11-22(12-14-23)21-9-5-2-6-10-21/h1-14,18-19,31H,15-17H2. The molecule has 4 nitrogen and oxygen atoms in total. The highest BCUT2D eigenvalue weighted by molar-refractivity contribution is 7.17. The highest BCUT2D eigenvalue weighted by Crippen LogP contribution is 2.38. The number of anilines is 1. The fraction of sp³-hybridized carbons (Fsp3) is 0.111. The number of aromatic nitrogens is 2. The molecule has 0 atom stereocenters. The van der Waals surface area contributed by atoms with Crippen LogP contribution in [-0.2, 0) is 6.54 Å². The zero-order valence-corrected chi connectivity index (χ0v) is 18.4. The second kappa shape index (κ2) is 9.30. The van der Waals surface area contributed by atoms with E-state index in [1.165, 1.54) is 16.7 Å². The minimum Gasteiger partial charge on any atom is -0.395 e. The van der Waals surface area contributed by atoms with Crippen LogP contribution in [0.25, 0.3) is 32.5 Å². The van der Waals surface area contributed by atoms with Gasteiger partial charge in [0.05, 0.1) is 12.0 Å². The maximum atomic E-state index is 9.74. The summed E-state index contributed by atoms with van der Waals surface area (Å²) in [6.07, 6.45) is 1.62. The van der Waals surface area contributed by atoms with Crippen LogP contribution < -0.4 is 4.90 Å². The monoisotopic (exact) mass is 437 g/mol. The predicted octanol–water partition coefficient (Wildman–Crippen LogP) is 6.02. The molecule has 158 valence electrons. The fourth-order valence-corrected chi connectivity index (χ4v) is 4.88. The topological polar surface area (TPSA) is 49.2 Å². The van der Waals surface area contributed by atoms with Gasteiger partial charge in [-0.2, -0.15) is 0 Å². The van der Waals surface area contributed by atoms with Gasteiger partial charge in [0, 0.05) is 24.0 Å². The molecule has 0 spiro atoms. The molecule has 0 aliphatic carbocycles. The molecule has 0 radical (unpaired) electrons. The molecule has 0 fully saturated rings. The Labute approximate surface area is 191 Å². The van der Waals surface area contributed by atoms with Crippen molar-refractivity contribution in [2.75, 3.05) is 18.1 Å². The van der Waals surface area contributed by atoms with Gasteiger partial charge in [-0.25, -0.2) is 9.97 Å². The second-order valence-corrected chi connectivity index (χ2v) is 8.46. The van der Waals surface area contributed by atoms with Crippen LogP contribution in [0.3, 0.4) is 0 Å². The maximum absolute atomic E-state index is 9.74. The first kappa shape index (κ1) is 20.4. The molecule has 2 heterocycles. The molecule has 0 aliphatic heterocycles. The third kappa shape index (κ3) is 4.13. The van der Waals surface area contributed by atoms with Crippen molar-refractivity contribution in [1.29, 1.82) is 0 Å². The Hall–Kier alpha value is -3.54. The zero-order chi connectivity index (χ0) is 21.8. The SMILES string of the molecule is OCCN(Cc1ccccc1)c1ncnc2scc(-c3ccc(-c4ccccc4)cc3)c12. The number of rotatable bonds is 7. The molecule has 0 aliphatic rings.